The summed E-state index contributed by atoms with van der Waals surface area (Å²) >= 11 is 1.50. The number of aromatic nitrogens is 1. The number of carbonyl (C=O) groups excluding carboxylic acids is 1. The first-order valence-corrected chi connectivity index (χ1v) is 7.76. The van der Waals surface area contributed by atoms with Crippen molar-refractivity contribution < 1.29 is 4.79 Å². The molecule has 0 unspecified atom stereocenters. The van der Waals surface area contributed by atoms with Crippen LogP contribution in [0.1, 0.15) is 46.2 Å². The highest BCUT2D eigenvalue weighted by molar-refractivity contribution is 7.13. The Morgan fingerprint density at radius 1 is 1.42 bits per heavy atom. The molecule has 0 saturated carbocycles. The standard InChI is InChI=1S/C14H23N3OS/c1-10-5-7-17(8-6-10)13(18)16-12-15-11(9-19-12)14(2,3)4/h9-10H,5-8H2,1-4H3,(H,15,16,18). The molecule has 0 aliphatic carbocycles. The normalized spacial score (nSPS) is 17.6. The van der Waals surface area contributed by atoms with E-state index in [1.54, 1.807) is 0 Å². The molecule has 5 heteroatoms. The molecule has 0 spiro atoms. The number of hydrogen-bond acceptors (Lipinski definition) is 3. The first-order valence-electron chi connectivity index (χ1n) is 6.88. The van der Waals surface area contributed by atoms with Crippen molar-refractivity contribution in [1.29, 1.82) is 0 Å². The summed E-state index contributed by atoms with van der Waals surface area (Å²) < 4.78 is 0. The van der Waals surface area contributed by atoms with Gasteiger partial charge in [-0.1, -0.05) is 27.7 Å². The van der Waals surface area contributed by atoms with Crippen LogP contribution in [0.4, 0.5) is 9.93 Å². The summed E-state index contributed by atoms with van der Waals surface area (Å²) in [4.78, 5) is 18.5. The Balaban J connectivity index is 1.94. The Bertz CT molecular complexity index is 442. The van der Waals surface area contributed by atoms with Crippen LogP contribution in [-0.4, -0.2) is 29.0 Å². The van der Waals surface area contributed by atoms with E-state index in [0.29, 0.717) is 5.13 Å². The highest BCUT2D eigenvalue weighted by atomic mass is 32.1. The molecule has 1 aliphatic rings. The predicted molar refractivity (Wildman–Crippen MR) is 79.8 cm³/mol. The zero-order valence-electron chi connectivity index (χ0n) is 12.2. The van der Waals surface area contributed by atoms with Crippen molar-refractivity contribution in [2.75, 3.05) is 18.4 Å². The zero-order chi connectivity index (χ0) is 14.0. The second-order valence-corrected chi connectivity index (χ2v) is 7.25. The molecular formula is C14H23N3OS. The van der Waals surface area contributed by atoms with Crippen molar-refractivity contribution in [3.63, 3.8) is 0 Å². The van der Waals surface area contributed by atoms with Gasteiger partial charge in [0.1, 0.15) is 0 Å². The van der Waals surface area contributed by atoms with Gasteiger partial charge in [0.05, 0.1) is 5.69 Å². The monoisotopic (exact) mass is 281 g/mol. The second-order valence-electron chi connectivity index (χ2n) is 6.39. The van der Waals surface area contributed by atoms with E-state index >= 15 is 0 Å². The third kappa shape index (κ3) is 3.69. The number of urea groups is 1. The van der Waals surface area contributed by atoms with E-state index in [1.165, 1.54) is 11.3 Å². The van der Waals surface area contributed by atoms with Gasteiger partial charge in [-0.05, 0) is 18.8 Å². The van der Waals surface area contributed by atoms with Crippen molar-refractivity contribution >= 4 is 22.5 Å². The molecule has 0 aromatic carbocycles. The van der Waals surface area contributed by atoms with Crippen LogP contribution in [0.25, 0.3) is 0 Å². The number of likely N-dealkylation sites (tertiary alicyclic amines) is 1. The average Bonchev–Trinajstić information content (AvgIpc) is 2.78. The van der Waals surface area contributed by atoms with Crippen molar-refractivity contribution in [2.24, 2.45) is 5.92 Å². The van der Waals surface area contributed by atoms with Gasteiger partial charge in [0.2, 0.25) is 0 Å². The number of nitrogens with one attached hydrogen (secondary N) is 1. The Morgan fingerprint density at radius 3 is 2.58 bits per heavy atom. The molecule has 106 valence electrons. The number of carbonyl (C=O) groups is 1. The number of hydrogen-bond donors (Lipinski definition) is 1. The molecule has 2 heterocycles. The third-order valence-corrected chi connectivity index (χ3v) is 4.32. The van der Waals surface area contributed by atoms with Gasteiger partial charge < -0.3 is 4.90 Å². The maximum Gasteiger partial charge on any atom is 0.323 e. The molecule has 0 radical (unpaired) electrons. The molecule has 1 N–H and O–H groups in total. The first kappa shape index (κ1) is 14.3. The van der Waals surface area contributed by atoms with E-state index in [9.17, 15) is 4.79 Å². The van der Waals surface area contributed by atoms with Gasteiger partial charge in [-0.25, -0.2) is 9.78 Å². The summed E-state index contributed by atoms with van der Waals surface area (Å²) in [6.07, 6.45) is 2.19. The molecular weight excluding hydrogens is 258 g/mol. The highest BCUT2D eigenvalue weighted by Crippen LogP contribution is 2.26. The Morgan fingerprint density at radius 2 is 2.05 bits per heavy atom. The van der Waals surface area contributed by atoms with E-state index < -0.39 is 0 Å². The highest BCUT2D eigenvalue weighted by Gasteiger charge is 2.22. The van der Waals surface area contributed by atoms with Gasteiger partial charge in [-0.3, -0.25) is 5.32 Å². The maximum atomic E-state index is 12.1. The number of anilines is 1. The van der Waals surface area contributed by atoms with Crippen molar-refractivity contribution in [3.05, 3.63) is 11.1 Å². The molecule has 0 atom stereocenters. The lowest BCUT2D eigenvalue weighted by molar-refractivity contribution is 0.186. The molecule has 1 aromatic rings. The van der Waals surface area contributed by atoms with Crippen molar-refractivity contribution in [3.8, 4) is 0 Å². The molecule has 1 fully saturated rings. The van der Waals surface area contributed by atoms with Crippen LogP contribution in [0.5, 0.6) is 0 Å². The Labute approximate surface area is 119 Å². The van der Waals surface area contributed by atoms with Crippen LogP contribution in [0.3, 0.4) is 0 Å². The summed E-state index contributed by atoms with van der Waals surface area (Å²) in [6, 6.07) is -0.0123. The lowest BCUT2D eigenvalue weighted by atomic mass is 9.93. The van der Waals surface area contributed by atoms with Gasteiger partial charge in [-0.15, -0.1) is 11.3 Å². The van der Waals surface area contributed by atoms with E-state index in [1.807, 2.05) is 10.3 Å². The minimum atomic E-state index is -0.0123. The summed E-state index contributed by atoms with van der Waals surface area (Å²) in [5.74, 6) is 0.733. The number of amides is 2. The molecule has 1 aromatic heterocycles. The fourth-order valence-electron chi connectivity index (χ4n) is 2.06. The number of thiazole rings is 1. The lowest BCUT2D eigenvalue weighted by Crippen LogP contribution is -2.40. The van der Waals surface area contributed by atoms with E-state index in [0.717, 1.165) is 37.5 Å². The minimum Gasteiger partial charge on any atom is -0.324 e. The van der Waals surface area contributed by atoms with Crippen LogP contribution in [0.15, 0.2) is 5.38 Å². The molecule has 2 rings (SSSR count). The largest absolute Gasteiger partial charge is 0.324 e. The summed E-state index contributed by atoms with van der Waals surface area (Å²) in [5.41, 5.74) is 1.06. The Kier molecular flexibility index (Phi) is 4.13. The van der Waals surface area contributed by atoms with Crippen molar-refractivity contribution in [2.45, 2.75) is 46.0 Å². The molecule has 2 amide bonds. The van der Waals surface area contributed by atoms with Gasteiger partial charge in [-0.2, -0.15) is 0 Å². The van der Waals surface area contributed by atoms with Gasteiger partial charge in [0.15, 0.2) is 5.13 Å². The molecule has 1 aliphatic heterocycles. The number of nitrogens with zero attached hydrogens (tertiary/aromatic N) is 2. The molecule has 0 bridgehead atoms. The van der Waals surface area contributed by atoms with Gasteiger partial charge in [0.25, 0.3) is 0 Å². The summed E-state index contributed by atoms with van der Waals surface area (Å²) in [6.45, 7) is 10.3. The van der Waals surface area contributed by atoms with Crippen LogP contribution in [-0.2, 0) is 5.41 Å². The lowest BCUT2D eigenvalue weighted by Gasteiger charge is -2.29. The third-order valence-electron chi connectivity index (χ3n) is 3.56. The molecule has 19 heavy (non-hydrogen) atoms. The SMILES string of the molecule is CC1CCN(C(=O)Nc2nc(C(C)(C)C)cs2)CC1. The van der Waals surface area contributed by atoms with Crippen LogP contribution in [0.2, 0.25) is 0 Å². The first-order chi connectivity index (χ1) is 8.86. The summed E-state index contributed by atoms with van der Waals surface area (Å²) in [7, 11) is 0. The fraction of sp³-hybridized carbons (Fsp3) is 0.714. The van der Waals surface area contributed by atoms with Gasteiger partial charge in [0, 0.05) is 23.9 Å². The number of piperidine rings is 1. The predicted octanol–water partition coefficient (Wildman–Crippen LogP) is 3.70. The smallest absolute Gasteiger partial charge is 0.323 e. The van der Waals surface area contributed by atoms with Crippen molar-refractivity contribution in [1.82, 2.24) is 9.88 Å². The second kappa shape index (κ2) is 5.49. The average molecular weight is 281 g/mol. The topological polar surface area (TPSA) is 45.2 Å². The fourth-order valence-corrected chi connectivity index (χ4v) is 2.98. The molecule has 1 saturated heterocycles. The maximum absolute atomic E-state index is 12.1. The van der Waals surface area contributed by atoms with E-state index in [-0.39, 0.29) is 11.4 Å². The zero-order valence-corrected chi connectivity index (χ0v) is 13.0. The van der Waals surface area contributed by atoms with Crippen LogP contribution in [0, 0.1) is 5.92 Å². The molecule has 4 nitrogen and oxygen atoms in total. The van der Waals surface area contributed by atoms with E-state index in [2.05, 4.69) is 38.0 Å². The summed E-state index contributed by atoms with van der Waals surface area (Å²) in [5, 5.41) is 5.64. The van der Waals surface area contributed by atoms with Crippen LogP contribution < -0.4 is 5.32 Å². The van der Waals surface area contributed by atoms with Gasteiger partial charge >= 0.3 is 6.03 Å². The quantitative estimate of drug-likeness (QED) is 0.853. The van der Waals surface area contributed by atoms with E-state index in [4.69, 9.17) is 0 Å². The minimum absolute atomic E-state index is 0.0123. The Hall–Kier alpha value is -1.10. The number of rotatable bonds is 1. The van der Waals surface area contributed by atoms with Crippen LogP contribution >= 0.6 is 11.3 Å².